The number of carbonyl (C=O) groups excluding carboxylic acids is 1. The summed E-state index contributed by atoms with van der Waals surface area (Å²) in [6, 6.07) is 0.813. The molecule has 0 radical (unpaired) electrons. The van der Waals surface area contributed by atoms with Gasteiger partial charge in [0, 0.05) is 19.4 Å². The molecule has 1 aromatic rings. The summed E-state index contributed by atoms with van der Waals surface area (Å²) >= 11 is 0. The number of anilines is 1. The van der Waals surface area contributed by atoms with Crippen molar-refractivity contribution < 1.29 is 14.7 Å². The number of hydrogen-bond donors (Lipinski definition) is 2. The third-order valence-electron chi connectivity index (χ3n) is 2.61. The van der Waals surface area contributed by atoms with Crippen LogP contribution < -0.4 is 10.2 Å². The highest BCUT2D eigenvalue weighted by atomic mass is 16.4. The summed E-state index contributed by atoms with van der Waals surface area (Å²) < 4.78 is 0. The standard InChI is InChI=1S/C13H20N4O3/c1-9(2)7-10(12(19)20)16-11(18)8-17(3)13-14-5-4-6-15-13/h4-6,9-10H,7-8H2,1-3H3,(H,16,18)(H,19,20)/t10-/m0/s1. The van der Waals surface area contributed by atoms with Gasteiger partial charge >= 0.3 is 5.97 Å². The number of aliphatic carboxylic acids is 1. The summed E-state index contributed by atoms with van der Waals surface area (Å²) in [5.74, 6) is -0.788. The molecular formula is C13H20N4O3. The van der Waals surface area contributed by atoms with E-state index in [9.17, 15) is 9.59 Å². The molecule has 0 saturated carbocycles. The lowest BCUT2D eigenvalue weighted by atomic mass is 10.0. The summed E-state index contributed by atoms with van der Waals surface area (Å²) in [5.41, 5.74) is 0. The third kappa shape index (κ3) is 5.21. The van der Waals surface area contributed by atoms with E-state index in [2.05, 4.69) is 15.3 Å². The molecule has 1 heterocycles. The van der Waals surface area contributed by atoms with Crippen LogP contribution in [-0.4, -0.2) is 46.6 Å². The van der Waals surface area contributed by atoms with Crippen LogP contribution >= 0.6 is 0 Å². The van der Waals surface area contributed by atoms with Crippen LogP contribution in [-0.2, 0) is 9.59 Å². The van der Waals surface area contributed by atoms with E-state index in [1.165, 1.54) is 0 Å². The van der Waals surface area contributed by atoms with Crippen LogP contribution in [0.4, 0.5) is 5.95 Å². The number of rotatable bonds is 7. The monoisotopic (exact) mass is 280 g/mol. The van der Waals surface area contributed by atoms with Gasteiger partial charge in [0.1, 0.15) is 6.04 Å². The van der Waals surface area contributed by atoms with Crippen LogP contribution in [0.2, 0.25) is 0 Å². The highest BCUT2D eigenvalue weighted by molar-refractivity contribution is 5.86. The molecule has 110 valence electrons. The molecule has 1 amide bonds. The number of nitrogens with one attached hydrogen (secondary N) is 1. The Balaban J connectivity index is 2.55. The van der Waals surface area contributed by atoms with Crippen molar-refractivity contribution in [1.82, 2.24) is 15.3 Å². The predicted molar refractivity (Wildman–Crippen MR) is 74.3 cm³/mol. The second-order valence-electron chi connectivity index (χ2n) is 4.99. The van der Waals surface area contributed by atoms with E-state index in [1.807, 2.05) is 13.8 Å². The molecule has 0 aromatic carbocycles. The third-order valence-corrected chi connectivity index (χ3v) is 2.61. The quantitative estimate of drug-likeness (QED) is 0.756. The highest BCUT2D eigenvalue weighted by Gasteiger charge is 2.21. The van der Waals surface area contributed by atoms with Crippen molar-refractivity contribution in [3.05, 3.63) is 18.5 Å². The van der Waals surface area contributed by atoms with Gasteiger partial charge in [-0.3, -0.25) is 4.79 Å². The Morgan fingerprint density at radius 1 is 1.35 bits per heavy atom. The molecule has 0 aliphatic carbocycles. The van der Waals surface area contributed by atoms with Crippen LogP contribution in [0.3, 0.4) is 0 Å². The van der Waals surface area contributed by atoms with Crippen LogP contribution in [0.25, 0.3) is 0 Å². The first-order valence-corrected chi connectivity index (χ1v) is 6.40. The average Bonchev–Trinajstić information content (AvgIpc) is 2.38. The largest absolute Gasteiger partial charge is 0.480 e. The van der Waals surface area contributed by atoms with Crippen molar-refractivity contribution in [3.8, 4) is 0 Å². The van der Waals surface area contributed by atoms with Crippen molar-refractivity contribution in [2.75, 3.05) is 18.5 Å². The molecule has 0 unspecified atom stereocenters. The Morgan fingerprint density at radius 2 is 1.95 bits per heavy atom. The number of aromatic nitrogens is 2. The Morgan fingerprint density at radius 3 is 2.45 bits per heavy atom. The maximum atomic E-state index is 11.9. The van der Waals surface area contributed by atoms with Crippen LogP contribution in [0, 0.1) is 5.92 Å². The second kappa shape index (κ2) is 7.42. The van der Waals surface area contributed by atoms with Crippen molar-refractivity contribution in [2.24, 2.45) is 5.92 Å². The van der Waals surface area contributed by atoms with E-state index in [0.29, 0.717) is 12.4 Å². The molecular weight excluding hydrogens is 260 g/mol. The Hall–Kier alpha value is -2.18. The van der Waals surface area contributed by atoms with Crippen LogP contribution in [0.5, 0.6) is 0 Å². The number of carboxylic acids is 1. The maximum absolute atomic E-state index is 11.9. The van der Waals surface area contributed by atoms with Crippen LogP contribution in [0.1, 0.15) is 20.3 Å². The zero-order chi connectivity index (χ0) is 15.1. The van der Waals surface area contributed by atoms with Gasteiger partial charge in [-0.15, -0.1) is 0 Å². The molecule has 20 heavy (non-hydrogen) atoms. The predicted octanol–water partition coefficient (Wildman–Crippen LogP) is 0.528. The van der Waals surface area contributed by atoms with E-state index < -0.39 is 12.0 Å². The smallest absolute Gasteiger partial charge is 0.326 e. The maximum Gasteiger partial charge on any atom is 0.326 e. The first-order chi connectivity index (χ1) is 9.40. The lowest BCUT2D eigenvalue weighted by Gasteiger charge is -2.20. The van der Waals surface area contributed by atoms with E-state index in [0.717, 1.165) is 0 Å². The zero-order valence-corrected chi connectivity index (χ0v) is 11.9. The molecule has 0 bridgehead atoms. The second-order valence-corrected chi connectivity index (χ2v) is 4.99. The summed E-state index contributed by atoms with van der Waals surface area (Å²) in [4.78, 5) is 32.5. The van der Waals surface area contributed by atoms with Gasteiger partial charge in [-0.2, -0.15) is 0 Å². The number of nitrogens with zero attached hydrogens (tertiary/aromatic N) is 3. The van der Waals surface area contributed by atoms with Gasteiger partial charge in [-0.25, -0.2) is 14.8 Å². The Bertz CT molecular complexity index is 450. The van der Waals surface area contributed by atoms with Gasteiger partial charge < -0.3 is 15.3 Å². The van der Waals surface area contributed by atoms with E-state index in [1.54, 1.807) is 30.4 Å². The first-order valence-electron chi connectivity index (χ1n) is 6.40. The first kappa shape index (κ1) is 15.9. The molecule has 7 nitrogen and oxygen atoms in total. The molecule has 1 rings (SSSR count). The molecule has 7 heteroatoms. The van der Waals surface area contributed by atoms with Gasteiger partial charge in [-0.1, -0.05) is 13.8 Å². The lowest BCUT2D eigenvalue weighted by Crippen LogP contribution is -2.45. The van der Waals surface area contributed by atoms with Crippen molar-refractivity contribution in [1.29, 1.82) is 0 Å². The topological polar surface area (TPSA) is 95.4 Å². The number of likely N-dealkylation sites (N-methyl/N-ethyl adjacent to an activating group) is 1. The molecule has 0 spiro atoms. The van der Waals surface area contributed by atoms with Crippen molar-refractivity contribution in [2.45, 2.75) is 26.3 Å². The molecule has 0 fully saturated rings. The molecule has 2 N–H and O–H groups in total. The minimum atomic E-state index is -1.02. The van der Waals surface area contributed by atoms with Gasteiger partial charge in [0.05, 0.1) is 6.54 Å². The molecule has 0 aliphatic rings. The average molecular weight is 280 g/mol. The number of amides is 1. The van der Waals surface area contributed by atoms with Crippen molar-refractivity contribution in [3.63, 3.8) is 0 Å². The minimum Gasteiger partial charge on any atom is -0.480 e. The summed E-state index contributed by atoms with van der Waals surface area (Å²) in [5, 5.41) is 11.6. The zero-order valence-electron chi connectivity index (χ0n) is 11.9. The summed E-state index contributed by atoms with van der Waals surface area (Å²) in [6.07, 6.45) is 3.55. The molecule has 0 saturated heterocycles. The number of carbonyl (C=O) groups is 2. The lowest BCUT2D eigenvalue weighted by molar-refractivity contribution is -0.142. The minimum absolute atomic E-state index is 0.00584. The van der Waals surface area contributed by atoms with Gasteiger partial charge in [0.25, 0.3) is 0 Å². The fourth-order valence-corrected chi connectivity index (χ4v) is 1.71. The summed E-state index contributed by atoms with van der Waals surface area (Å²) in [6.45, 7) is 3.82. The van der Waals surface area contributed by atoms with Gasteiger partial charge in [0.2, 0.25) is 11.9 Å². The van der Waals surface area contributed by atoms with Crippen LogP contribution in [0.15, 0.2) is 18.5 Å². The molecule has 0 aliphatic heterocycles. The van der Waals surface area contributed by atoms with E-state index in [-0.39, 0.29) is 18.4 Å². The normalized spacial score (nSPS) is 12.0. The van der Waals surface area contributed by atoms with E-state index in [4.69, 9.17) is 5.11 Å². The fraction of sp³-hybridized carbons (Fsp3) is 0.538. The summed E-state index contributed by atoms with van der Waals surface area (Å²) in [7, 11) is 1.67. The molecule has 1 atom stereocenters. The Labute approximate surface area is 118 Å². The SMILES string of the molecule is CC(C)C[C@H](NC(=O)CN(C)c1ncccn1)C(=O)O. The fourth-order valence-electron chi connectivity index (χ4n) is 1.71. The van der Waals surface area contributed by atoms with Crippen molar-refractivity contribution >= 4 is 17.8 Å². The van der Waals surface area contributed by atoms with Gasteiger partial charge in [0.15, 0.2) is 0 Å². The highest BCUT2D eigenvalue weighted by Crippen LogP contribution is 2.06. The van der Waals surface area contributed by atoms with Gasteiger partial charge in [-0.05, 0) is 18.4 Å². The number of hydrogen-bond acceptors (Lipinski definition) is 5. The molecule has 1 aromatic heterocycles. The Kier molecular flexibility index (Phi) is 5.89. The number of carboxylic acid groups (broad SMARTS) is 1. The van der Waals surface area contributed by atoms with E-state index >= 15 is 0 Å².